The molecule has 1 N–H and O–H groups in total. The number of ketones is 1. The van der Waals surface area contributed by atoms with Crippen molar-refractivity contribution in [2.24, 2.45) is 11.3 Å². The van der Waals surface area contributed by atoms with Crippen LogP contribution in [0.25, 0.3) is 0 Å². The lowest BCUT2D eigenvalue weighted by molar-refractivity contribution is -0.151. The van der Waals surface area contributed by atoms with Crippen LogP contribution in [-0.2, 0) is 14.3 Å². The molecule has 1 saturated heterocycles. The van der Waals surface area contributed by atoms with Crippen LogP contribution in [0.4, 0.5) is 4.79 Å². The van der Waals surface area contributed by atoms with Crippen LogP contribution in [0.5, 0.6) is 0 Å². The predicted molar refractivity (Wildman–Crippen MR) is 126 cm³/mol. The molecule has 1 aliphatic carbocycles. The molecule has 178 valence electrons. The second kappa shape index (κ2) is 9.05. The Bertz CT molecular complexity index is 1100. The molecule has 4 rings (SSSR count). The van der Waals surface area contributed by atoms with Gasteiger partial charge in [0.15, 0.2) is 6.10 Å². The zero-order chi connectivity index (χ0) is 24.5. The van der Waals surface area contributed by atoms with Crippen LogP contribution in [0.3, 0.4) is 0 Å². The molecule has 2 aliphatic rings. The average molecular weight is 463 g/mol. The first-order chi connectivity index (χ1) is 16.1. The molecule has 1 spiro atoms. The number of ether oxygens (including phenoxy) is 1. The van der Waals surface area contributed by atoms with Crippen LogP contribution in [-0.4, -0.2) is 40.7 Å². The molecule has 1 heterocycles. The van der Waals surface area contributed by atoms with E-state index in [0.29, 0.717) is 24.0 Å². The van der Waals surface area contributed by atoms with Gasteiger partial charge in [0.25, 0.3) is 5.91 Å². The van der Waals surface area contributed by atoms with Gasteiger partial charge in [-0.15, -0.1) is 0 Å². The Morgan fingerprint density at radius 3 is 2.26 bits per heavy atom. The van der Waals surface area contributed by atoms with Crippen LogP contribution >= 0.6 is 0 Å². The number of carbonyl (C=O) groups is 4. The van der Waals surface area contributed by atoms with Gasteiger partial charge in [0, 0.05) is 11.1 Å². The van der Waals surface area contributed by atoms with Gasteiger partial charge in [-0.3, -0.25) is 19.3 Å². The summed E-state index contributed by atoms with van der Waals surface area (Å²) in [6, 6.07) is 16.7. The van der Waals surface area contributed by atoms with E-state index in [9.17, 15) is 19.2 Å². The summed E-state index contributed by atoms with van der Waals surface area (Å²) in [5, 5.41) is 2.86. The van der Waals surface area contributed by atoms with Crippen molar-refractivity contribution < 1.29 is 23.9 Å². The minimum Gasteiger partial charge on any atom is -0.448 e. The molecule has 7 heteroatoms. The number of urea groups is 1. The highest BCUT2D eigenvalue weighted by atomic mass is 16.5. The summed E-state index contributed by atoms with van der Waals surface area (Å²) in [4.78, 5) is 53.1. The van der Waals surface area contributed by atoms with E-state index in [0.717, 1.165) is 11.3 Å². The maximum absolute atomic E-state index is 13.3. The van der Waals surface area contributed by atoms with Crippen molar-refractivity contribution in [3.63, 3.8) is 0 Å². The Morgan fingerprint density at radius 2 is 1.65 bits per heavy atom. The third-order valence-electron chi connectivity index (χ3n) is 6.56. The van der Waals surface area contributed by atoms with Crippen LogP contribution in [0.1, 0.15) is 62.1 Å². The van der Waals surface area contributed by atoms with E-state index < -0.39 is 36.1 Å². The number of Topliss-reactive ketones (excluding diaryl/α,β-unsaturated/α-hetero) is 1. The fourth-order valence-electron chi connectivity index (χ4n) is 5.60. The Labute approximate surface area is 199 Å². The molecule has 2 aromatic rings. The van der Waals surface area contributed by atoms with Crippen LogP contribution < -0.4 is 5.32 Å². The van der Waals surface area contributed by atoms with Gasteiger partial charge in [-0.05, 0) is 30.6 Å². The van der Waals surface area contributed by atoms with Crippen molar-refractivity contribution >= 4 is 23.7 Å². The first kappa shape index (κ1) is 23.7. The highest BCUT2D eigenvalue weighted by molar-refractivity contribution is 6.09. The summed E-state index contributed by atoms with van der Waals surface area (Å²) in [5.74, 6) is -1.34. The third-order valence-corrected chi connectivity index (χ3v) is 6.56. The molecule has 0 aromatic heterocycles. The largest absolute Gasteiger partial charge is 0.448 e. The van der Waals surface area contributed by atoms with Crippen LogP contribution in [0.15, 0.2) is 60.7 Å². The van der Waals surface area contributed by atoms with E-state index in [1.54, 1.807) is 60.7 Å². The molecule has 2 aromatic carbocycles. The van der Waals surface area contributed by atoms with Gasteiger partial charge < -0.3 is 10.1 Å². The summed E-state index contributed by atoms with van der Waals surface area (Å²) in [5.41, 5.74) is -0.202. The summed E-state index contributed by atoms with van der Waals surface area (Å²) in [7, 11) is 0. The number of nitrogens with one attached hydrogen (secondary N) is 1. The summed E-state index contributed by atoms with van der Waals surface area (Å²) in [6.45, 7) is 5.69. The van der Waals surface area contributed by atoms with Gasteiger partial charge in [0.2, 0.25) is 5.78 Å². The Balaban J connectivity index is 1.52. The lowest BCUT2D eigenvalue weighted by Gasteiger charge is -2.43. The van der Waals surface area contributed by atoms with Crippen molar-refractivity contribution in [1.82, 2.24) is 10.2 Å². The van der Waals surface area contributed by atoms with Gasteiger partial charge >= 0.3 is 12.0 Å². The Hall–Kier alpha value is -3.48. The minimum atomic E-state index is -1.18. The second-order valence-corrected chi connectivity index (χ2v) is 10.3. The molecule has 3 amide bonds. The van der Waals surface area contributed by atoms with E-state index >= 15 is 0 Å². The number of hydrogen-bond donors (Lipinski definition) is 1. The lowest BCUT2D eigenvalue weighted by Crippen LogP contribution is -2.54. The SMILES string of the molecule is CC1CC(C)(C)CC2(C1)NC(=O)N(CC(=O)OC(C(=O)c1ccccc1)c1ccccc1)C2=O. The van der Waals surface area contributed by atoms with E-state index in [1.807, 2.05) is 0 Å². The number of nitrogens with zero attached hydrogens (tertiary/aromatic N) is 1. The first-order valence-electron chi connectivity index (χ1n) is 11.6. The fraction of sp³-hybridized carbons (Fsp3) is 0.407. The van der Waals surface area contributed by atoms with Gasteiger partial charge in [-0.25, -0.2) is 4.79 Å². The smallest absolute Gasteiger partial charge is 0.327 e. The maximum atomic E-state index is 13.3. The molecule has 0 radical (unpaired) electrons. The first-order valence-corrected chi connectivity index (χ1v) is 11.6. The lowest BCUT2D eigenvalue weighted by atomic mass is 9.64. The van der Waals surface area contributed by atoms with Gasteiger partial charge in [0.1, 0.15) is 12.1 Å². The van der Waals surface area contributed by atoms with Crippen molar-refractivity contribution in [3.8, 4) is 0 Å². The molecule has 1 saturated carbocycles. The van der Waals surface area contributed by atoms with E-state index in [4.69, 9.17) is 4.74 Å². The zero-order valence-corrected chi connectivity index (χ0v) is 19.7. The molecule has 34 heavy (non-hydrogen) atoms. The highest BCUT2D eigenvalue weighted by Gasteiger charge is 2.56. The van der Waals surface area contributed by atoms with Crippen molar-refractivity contribution in [2.45, 2.75) is 51.7 Å². The molecule has 3 unspecified atom stereocenters. The number of rotatable bonds is 6. The predicted octanol–water partition coefficient (Wildman–Crippen LogP) is 4.29. The number of esters is 1. The van der Waals surface area contributed by atoms with Crippen LogP contribution in [0, 0.1) is 11.3 Å². The number of carbonyl (C=O) groups excluding carboxylic acids is 4. The molecule has 3 atom stereocenters. The molecule has 0 bridgehead atoms. The molecule has 1 aliphatic heterocycles. The Kier molecular flexibility index (Phi) is 6.30. The molecular formula is C27H30N2O5. The topological polar surface area (TPSA) is 92.8 Å². The fourth-order valence-corrected chi connectivity index (χ4v) is 5.60. The summed E-state index contributed by atoms with van der Waals surface area (Å²) in [6.07, 6.45) is 0.824. The highest BCUT2D eigenvalue weighted by Crippen LogP contribution is 2.46. The van der Waals surface area contributed by atoms with E-state index in [1.165, 1.54) is 0 Å². The maximum Gasteiger partial charge on any atom is 0.327 e. The van der Waals surface area contributed by atoms with E-state index in [-0.39, 0.29) is 17.1 Å². The Morgan fingerprint density at radius 1 is 1.03 bits per heavy atom. The normalized spacial score (nSPS) is 24.6. The monoisotopic (exact) mass is 462 g/mol. The number of amides is 3. The van der Waals surface area contributed by atoms with E-state index in [2.05, 4.69) is 26.1 Å². The van der Waals surface area contributed by atoms with Gasteiger partial charge in [-0.1, -0.05) is 81.4 Å². The standard InChI is InChI=1S/C27H30N2O5/c1-18-14-26(2,3)17-27(15-18)24(32)29(25(33)28-27)16-21(30)34-23(20-12-8-5-9-13-20)22(31)19-10-6-4-7-11-19/h4-13,18,23H,14-17H2,1-3H3,(H,28,33). The summed E-state index contributed by atoms with van der Waals surface area (Å²) < 4.78 is 5.59. The average Bonchev–Trinajstić information content (AvgIpc) is 3.00. The van der Waals surface area contributed by atoms with Crippen molar-refractivity contribution in [1.29, 1.82) is 0 Å². The summed E-state index contributed by atoms with van der Waals surface area (Å²) >= 11 is 0. The molecular weight excluding hydrogens is 432 g/mol. The van der Waals surface area contributed by atoms with Crippen molar-refractivity contribution in [3.05, 3.63) is 71.8 Å². The number of hydrogen-bond acceptors (Lipinski definition) is 5. The molecule has 2 fully saturated rings. The minimum absolute atomic E-state index is 0.113. The van der Waals surface area contributed by atoms with Crippen molar-refractivity contribution in [2.75, 3.05) is 6.54 Å². The number of benzene rings is 2. The van der Waals surface area contributed by atoms with Gasteiger partial charge in [-0.2, -0.15) is 0 Å². The van der Waals surface area contributed by atoms with Gasteiger partial charge in [0.05, 0.1) is 0 Å². The molecule has 7 nitrogen and oxygen atoms in total. The van der Waals surface area contributed by atoms with Crippen LogP contribution in [0.2, 0.25) is 0 Å². The zero-order valence-electron chi connectivity index (χ0n) is 19.7. The third kappa shape index (κ3) is 4.74. The quantitative estimate of drug-likeness (QED) is 0.393. The number of imide groups is 1. The second-order valence-electron chi connectivity index (χ2n) is 10.3.